The molecule has 0 saturated heterocycles. The van der Waals surface area contributed by atoms with Crippen molar-refractivity contribution in [3.63, 3.8) is 0 Å². The maximum atomic E-state index is 12.9. The van der Waals surface area contributed by atoms with E-state index < -0.39 is 5.91 Å². The normalized spacial score (nSPS) is 12.4. The van der Waals surface area contributed by atoms with E-state index in [2.05, 4.69) is 35.8 Å². The first-order valence-corrected chi connectivity index (χ1v) is 9.17. The minimum Gasteiger partial charge on any atom is -0.508 e. The third-order valence-electron chi connectivity index (χ3n) is 4.48. The van der Waals surface area contributed by atoms with Crippen LogP contribution in [0.4, 0.5) is 5.82 Å². The molecule has 32 heavy (non-hydrogen) atoms. The van der Waals surface area contributed by atoms with Crippen molar-refractivity contribution in [2.75, 3.05) is 12.5 Å². The van der Waals surface area contributed by atoms with Crippen molar-refractivity contribution in [2.45, 2.75) is 0 Å². The average Bonchev–Trinajstić information content (AvgIpc) is 3.52. The summed E-state index contributed by atoms with van der Waals surface area (Å²) >= 11 is 0. The molecule has 0 atom stereocenters. The number of fused-ring (bicyclic) bond motifs is 1. The van der Waals surface area contributed by atoms with Crippen molar-refractivity contribution in [3.05, 3.63) is 53.7 Å². The van der Waals surface area contributed by atoms with E-state index in [0.29, 0.717) is 22.6 Å². The van der Waals surface area contributed by atoms with Crippen molar-refractivity contribution >= 4 is 17.9 Å². The molecular formula is C19H14N8O5. The number of hydrogen-bond acceptors (Lipinski definition) is 11. The molecule has 0 radical (unpaired) electrons. The van der Waals surface area contributed by atoms with Crippen LogP contribution in [0.15, 0.2) is 52.2 Å². The summed E-state index contributed by atoms with van der Waals surface area (Å²) in [5.74, 6) is 0.521. The fourth-order valence-electron chi connectivity index (χ4n) is 3.05. The number of carbonyl (C=O) groups is 1. The molecule has 0 fully saturated rings. The van der Waals surface area contributed by atoms with Gasteiger partial charge in [0.2, 0.25) is 18.4 Å². The van der Waals surface area contributed by atoms with E-state index in [9.17, 15) is 9.90 Å². The molecule has 4 N–H and O–H groups in total. The van der Waals surface area contributed by atoms with Gasteiger partial charge in [0.1, 0.15) is 11.4 Å². The quantitative estimate of drug-likeness (QED) is 0.304. The number of benzene rings is 2. The Balaban J connectivity index is 1.51. The van der Waals surface area contributed by atoms with Gasteiger partial charge in [-0.1, -0.05) is 17.3 Å². The van der Waals surface area contributed by atoms with E-state index in [0.717, 1.165) is 0 Å². The standard InChI is InChI=1S/C19H14N8O5/c20-17-18(25-32-24-17)27-16(11-4-5-13-14(7-11)31-9-30-13)15(22-26-27)19(29)23-21-8-10-2-1-3-12(28)6-10/h1-8,28H,9H2,(H2,20,24)(H,23,29)/b21-8-. The van der Waals surface area contributed by atoms with E-state index in [1.807, 2.05) is 0 Å². The molecule has 13 nitrogen and oxygen atoms in total. The van der Waals surface area contributed by atoms with Crippen molar-refractivity contribution in [1.29, 1.82) is 0 Å². The van der Waals surface area contributed by atoms with E-state index in [1.54, 1.807) is 30.3 Å². The summed E-state index contributed by atoms with van der Waals surface area (Å²) in [6, 6.07) is 11.5. The number of anilines is 1. The number of aromatic hydroxyl groups is 1. The maximum absolute atomic E-state index is 12.9. The minimum absolute atomic E-state index is 0.0363. The molecule has 13 heteroatoms. The molecule has 4 aromatic rings. The lowest BCUT2D eigenvalue weighted by molar-refractivity contribution is 0.0950. The molecule has 1 amide bonds. The lowest BCUT2D eigenvalue weighted by Gasteiger charge is -2.07. The highest BCUT2D eigenvalue weighted by molar-refractivity contribution is 5.99. The third kappa shape index (κ3) is 3.43. The van der Waals surface area contributed by atoms with Gasteiger partial charge in [0, 0.05) is 5.56 Å². The van der Waals surface area contributed by atoms with Crippen molar-refractivity contribution in [1.82, 2.24) is 30.7 Å². The van der Waals surface area contributed by atoms with Gasteiger partial charge in [0.25, 0.3) is 5.91 Å². The van der Waals surface area contributed by atoms with Gasteiger partial charge in [-0.05, 0) is 46.2 Å². The number of ether oxygens (including phenoxy) is 2. The number of nitrogens with one attached hydrogen (secondary N) is 1. The topological polar surface area (TPSA) is 176 Å². The monoisotopic (exact) mass is 434 g/mol. The summed E-state index contributed by atoms with van der Waals surface area (Å²) in [6.45, 7) is 0.0908. The van der Waals surface area contributed by atoms with Crippen LogP contribution in [0, 0.1) is 0 Å². The van der Waals surface area contributed by atoms with Gasteiger partial charge in [-0.2, -0.15) is 9.78 Å². The van der Waals surface area contributed by atoms with Gasteiger partial charge >= 0.3 is 0 Å². The zero-order chi connectivity index (χ0) is 22.1. The van der Waals surface area contributed by atoms with Gasteiger partial charge in [0.15, 0.2) is 17.2 Å². The van der Waals surface area contributed by atoms with E-state index >= 15 is 0 Å². The highest BCUT2D eigenvalue weighted by Gasteiger charge is 2.26. The Morgan fingerprint density at radius 2 is 2.06 bits per heavy atom. The number of phenols is 1. The SMILES string of the molecule is Nc1nonc1-n1nnc(C(=O)N/N=C\c2cccc(O)c2)c1-c1ccc2c(c1)OCO2. The number of nitrogen functional groups attached to an aromatic ring is 1. The van der Waals surface area contributed by atoms with Crippen LogP contribution in [0.2, 0.25) is 0 Å². The Labute approximate surface area is 179 Å². The van der Waals surface area contributed by atoms with Crippen LogP contribution < -0.4 is 20.6 Å². The number of phenolic OH excluding ortho intramolecular Hbond substituents is 1. The van der Waals surface area contributed by atoms with Gasteiger partial charge in [0.05, 0.1) is 6.21 Å². The number of hydrogen-bond donors (Lipinski definition) is 3. The summed E-state index contributed by atoms with van der Waals surface area (Å²) < 4.78 is 16.7. The van der Waals surface area contributed by atoms with E-state index in [-0.39, 0.29) is 35.6 Å². The molecule has 0 aliphatic carbocycles. The van der Waals surface area contributed by atoms with E-state index in [1.165, 1.54) is 23.0 Å². The maximum Gasteiger partial charge on any atom is 0.294 e. The zero-order valence-electron chi connectivity index (χ0n) is 16.2. The highest BCUT2D eigenvalue weighted by atomic mass is 16.7. The Kier molecular flexibility index (Phi) is 4.59. The van der Waals surface area contributed by atoms with Crippen LogP contribution in [0.1, 0.15) is 16.1 Å². The fourth-order valence-corrected chi connectivity index (χ4v) is 3.05. The van der Waals surface area contributed by atoms with Crippen LogP contribution in [-0.4, -0.2) is 49.3 Å². The summed E-state index contributed by atoms with van der Waals surface area (Å²) in [4.78, 5) is 12.9. The molecule has 160 valence electrons. The van der Waals surface area contributed by atoms with Crippen LogP contribution in [0.5, 0.6) is 17.2 Å². The largest absolute Gasteiger partial charge is 0.508 e. The minimum atomic E-state index is -0.643. The van der Waals surface area contributed by atoms with Crippen LogP contribution in [-0.2, 0) is 0 Å². The number of hydrazone groups is 1. The van der Waals surface area contributed by atoms with Gasteiger partial charge in [-0.25, -0.2) is 10.1 Å². The molecule has 0 bridgehead atoms. The highest BCUT2D eigenvalue weighted by Crippen LogP contribution is 2.37. The summed E-state index contributed by atoms with van der Waals surface area (Å²) in [5.41, 5.74) is 9.52. The first-order valence-electron chi connectivity index (χ1n) is 9.17. The van der Waals surface area contributed by atoms with Gasteiger partial charge < -0.3 is 20.3 Å². The zero-order valence-corrected chi connectivity index (χ0v) is 16.2. The number of aromatic nitrogens is 5. The van der Waals surface area contributed by atoms with Crippen molar-refractivity contribution in [2.24, 2.45) is 5.10 Å². The summed E-state index contributed by atoms with van der Waals surface area (Å²) in [5, 5.41) is 28.7. The van der Waals surface area contributed by atoms with Crippen LogP contribution in [0.3, 0.4) is 0 Å². The molecule has 1 aliphatic heterocycles. The molecule has 3 heterocycles. The van der Waals surface area contributed by atoms with Crippen LogP contribution >= 0.6 is 0 Å². The smallest absolute Gasteiger partial charge is 0.294 e. The summed E-state index contributed by atoms with van der Waals surface area (Å²) in [6.07, 6.45) is 1.38. The lowest BCUT2D eigenvalue weighted by atomic mass is 10.1. The molecule has 0 unspecified atom stereocenters. The lowest BCUT2D eigenvalue weighted by Crippen LogP contribution is -2.19. The second kappa shape index (κ2) is 7.71. The molecule has 1 aliphatic rings. The van der Waals surface area contributed by atoms with E-state index in [4.69, 9.17) is 15.2 Å². The molecule has 5 rings (SSSR count). The Morgan fingerprint density at radius 1 is 1.19 bits per heavy atom. The third-order valence-corrected chi connectivity index (χ3v) is 4.48. The van der Waals surface area contributed by atoms with Crippen molar-refractivity contribution < 1.29 is 24.0 Å². The number of amides is 1. The van der Waals surface area contributed by atoms with Crippen LogP contribution in [0.25, 0.3) is 17.1 Å². The molecule has 2 aromatic carbocycles. The number of carbonyl (C=O) groups excluding carboxylic acids is 1. The first kappa shape index (κ1) is 19.0. The number of nitrogens with zero attached hydrogens (tertiary/aromatic N) is 6. The Morgan fingerprint density at radius 3 is 2.88 bits per heavy atom. The van der Waals surface area contributed by atoms with Gasteiger partial charge in [-0.15, -0.1) is 5.10 Å². The summed E-state index contributed by atoms with van der Waals surface area (Å²) in [7, 11) is 0. The second-order valence-corrected chi connectivity index (χ2v) is 6.53. The molecular weight excluding hydrogens is 420 g/mol. The second-order valence-electron chi connectivity index (χ2n) is 6.53. The van der Waals surface area contributed by atoms with Crippen molar-refractivity contribution in [3.8, 4) is 34.3 Å². The number of rotatable bonds is 5. The first-order chi connectivity index (χ1) is 15.6. The molecule has 2 aromatic heterocycles. The number of nitrogens with two attached hydrogens (primary N) is 1. The fraction of sp³-hybridized carbons (Fsp3) is 0.0526. The Hall–Kier alpha value is -4.94. The average molecular weight is 434 g/mol. The molecule has 0 spiro atoms. The Bertz CT molecular complexity index is 1350. The van der Waals surface area contributed by atoms with Gasteiger partial charge in [-0.3, -0.25) is 4.79 Å². The predicted molar refractivity (Wildman–Crippen MR) is 108 cm³/mol. The predicted octanol–water partition coefficient (Wildman–Crippen LogP) is 1.10. The molecule has 0 saturated carbocycles.